The predicted molar refractivity (Wildman–Crippen MR) is 86.6 cm³/mol. The fraction of sp³-hybridized carbons (Fsp3) is 0.471. The highest BCUT2D eigenvalue weighted by Crippen LogP contribution is 2.26. The van der Waals surface area contributed by atoms with E-state index in [1.54, 1.807) is 0 Å². The normalized spacial score (nSPS) is 19.0. The Morgan fingerprint density at radius 3 is 2.71 bits per heavy atom. The number of piperidine rings is 1. The van der Waals surface area contributed by atoms with Gasteiger partial charge in [-0.15, -0.1) is 0 Å². The first-order chi connectivity index (χ1) is 9.93. The van der Waals surface area contributed by atoms with E-state index < -0.39 is 5.60 Å². The van der Waals surface area contributed by atoms with E-state index in [4.69, 9.17) is 11.6 Å². The molecule has 0 amide bonds. The molecule has 1 aromatic carbocycles. The summed E-state index contributed by atoms with van der Waals surface area (Å²) in [7, 11) is 0. The molecule has 1 saturated heterocycles. The van der Waals surface area contributed by atoms with Gasteiger partial charge in [-0.2, -0.15) is 0 Å². The van der Waals surface area contributed by atoms with Crippen molar-refractivity contribution in [2.75, 3.05) is 13.1 Å². The lowest BCUT2D eigenvalue weighted by Crippen LogP contribution is -2.42. The lowest BCUT2D eigenvalue weighted by Gasteiger charge is -2.35. The van der Waals surface area contributed by atoms with E-state index in [0.717, 1.165) is 48.9 Å². The molecule has 2 aromatic rings. The Morgan fingerprint density at radius 1 is 1.29 bits per heavy atom. The van der Waals surface area contributed by atoms with Gasteiger partial charge in [0.15, 0.2) is 0 Å². The highest BCUT2D eigenvalue weighted by atomic mass is 35.5. The van der Waals surface area contributed by atoms with Gasteiger partial charge in [0, 0.05) is 30.6 Å². The first-order valence-corrected chi connectivity index (χ1v) is 7.81. The van der Waals surface area contributed by atoms with Crippen LogP contribution in [-0.2, 0) is 6.54 Å². The van der Waals surface area contributed by atoms with Crippen molar-refractivity contribution >= 4 is 22.5 Å². The minimum absolute atomic E-state index is 0.514. The van der Waals surface area contributed by atoms with E-state index >= 15 is 0 Å². The van der Waals surface area contributed by atoms with Gasteiger partial charge in [-0.1, -0.05) is 23.7 Å². The molecular weight excluding hydrogens is 284 g/mol. The third-order valence-corrected chi connectivity index (χ3v) is 4.65. The summed E-state index contributed by atoms with van der Waals surface area (Å²) in [6.07, 6.45) is 1.62. The Kier molecular flexibility index (Phi) is 3.91. The van der Waals surface area contributed by atoms with Crippen LogP contribution in [0, 0.1) is 6.92 Å². The second-order valence-corrected chi connectivity index (χ2v) is 6.77. The number of halogens is 1. The molecular formula is C17H21ClN2O. The van der Waals surface area contributed by atoms with Crippen LogP contribution in [0.5, 0.6) is 0 Å². The van der Waals surface area contributed by atoms with Crippen LogP contribution in [0.25, 0.3) is 10.9 Å². The maximum atomic E-state index is 10.0. The van der Waals surface area contributed by atoms with Crippen LogP contribution < -0.4 is 0 Å². The van der Waals surface area contributed by atoms with Crippen LogP contribution in [0.2, 0.25) is 5.15 Å². The molecule has 0 radical (unpaired) electrons. The van der Waals surface area contributed by atoms with Gasteiger partial charge in [0.1, 0.15) is 5.15 Å². The van der Waals surface area contributed by atoms with Gasteiger partial charge in [-0.3, -0.25) is 4.90 Å². The first kappa shape index (κ1) is 14.8. The Hall–Kier alpha value is -1.16. The number of aromatic nitrogens is 1. The third-order valence-electron chi connectivity index (χ3n) is 4.33. The fourth-order valence-electron chi connectivity index (χ4n) is 2.84. The summed E-state index contributed by atoms with van der Waals surface area (Å²) in [5.41, 5.74) is 2.69. The highest BCUT2D eigenvalue weighted by Gasteiger charge is 2.27. The molecule has 1 aromatic heterocycles. The quantitative estimate of drug-likeness (QED) is 0.862. The summed E-state index contributed by atoms with van der Waals surface area (Å²) in [5, 5.41) is 11.7. The summed E-state index contributed by atoms with van der Waals surface area (Å²) < 4.78 is 0. The van der Waals surface area contributed by atoms with Crippen molar-refractivity contribution in [3.63, 3.8) is 0 Å². The smallest absolute Gasteiger partial charge is 0.134 e. The Balaban J connectivity index is 1.81. The van der Waals surface area contributed by atoms with Gasteiger partial charge >= 0.3 is 0 Å². The van der Waals surface area contributed by atoms with Crippen LogP contribution >= 0.6 is 11.6 Å². The molecule has 1 aliphatic rings. The molecule has 0 unspecified atom stereocenters. The van der Waals surface area contributed by atoms with Crippen molar-refractivity contribution < 1.29 is 5.11 Å². The van der Waals surface area contributed by atoms with Crippen molar-refractivity contribution in [3.05, 3.63) is 40.5 Å². The topological polar surface area (TPSA) is 36.4 Å². The Morgan fingerprint density at radius 2 is 2.00 bits per heavy atom. The van der Waals surface area contributed by atoms with Gasteiger partial charge in [-0.05, 0) is 44.4 Å². The van der Waals surface area contributed by atoms with Gasteiger partial charge < -0.3 is 5.11 Å². The lowest BCUT2D eigenvalue weighted by atomic mass is 9.93. The zero-order chi connectivity index (χ0) is 15.0. The maximum Gasteiger partial charge on any atom is 0.134 e. The third kappa shape index (κ3) is 3.37. The number of nitrogens with zero attached hydrogens (tertiary/aromatic N) is 2. The molecule has 0 saturated carbocycles. The Bertz CT molecular complexity index is 659. The second kappa shape index (κ2) is 5.56. The van der Waals surface area contributed by atoms with Crippen molar-refractivity contribution in [1.29, 1.82) is 0 Å². The average Bonchev–Trinajstić information content (AvgIpc) is 2.42. The number of rotatable bonds is 2. The zero-order valence-corrected chi connectivity index (χ0v) is 13.3. The number of hydrogen-bond acceptors (Lipinski definition) is 3. The van der Waals surface area contributed by atoms with E-state index in [0.29, 0.717) is 5.15 Å². The summed E-state index contributed by atoms with van der Waals surface area (Å²) in [5.74, 6) is 0. The maximum absolute atomic E-state index is 10.0. The summed E-state index contributed by atoms with van der Waals surface area (Å²) in [4.78, 5) is 6.85. The molecule has 4 heteroatoms. The van der Waals surface area contributed by atoms with Gasteiger partial charge in [0.25, 0.3) is 0 Å². The summed E-state index contributed by atoms with van der Waals surface area (Å²) in [6.45, 7) is 6.57. The molecule has 21 heavy (non-hydrogen) atoms. The first-order valence-electron chi connectivity index (χ1n) is 7.43. The van der Waals surface area contributed by atoms with Crippen molar-refractivity contribution in [3.8, 4) is 0 Å². The van der Waals surface area contributed by atoms with E-state index in [9.17, 15) is 5.11 Å². The van der Waals surface area contributed by atoms with Gasteiger partial charge in [-0.25, -0.2) is 4.98 Å². The number of likely N-dealkylation sites (tertiary alicyclic amines) is 1. The zero-order valence-electron chi connectivity index (χ0n) is 12.6. The van der Waals surface area contributed by atoms with Crippen molar-refractivity contribution in [2.45, 2.75) is 38.8 Å². The van der Waals surface area contributed by atoms with Crippen molar-refractivity contribution in [2.24, 2.45) is 0 Å². The molecule has 112 valence electrons. The summed E-state index contributed by atoms with van der Waals surface area (Å²) in [6, 6.07) is 8.39. The molecule has 1 N–H and O–H groups in total. The van der Waals surface area contributed by atoms with Crippen LogP contribution in [0.1, 0.15) is 30.9 Å². The molecule has 1 aliphatic heterocycles. The highest BCUT2D eigenvalue weighted by molar-refractivity contribution is 6.30. The minimum atomic E-state index is -0.514. The van der Waals surface area contributed by atoms with E-state index in [-0.39, 0.29) is 0 Å². The number of aliphatic hydroxyl groups is 1. The number of fused-ring (bicyclic) bond motifs is 1. The molecule has 0 aliphatic carbocycles. The minimum Gasteiger partial charge on any atom is -0.390 e. The van der Waals surface area contributed by atoms with Crippen LogP contribution in [0.15, 0.2) is 24.3 Å². The molecule has 0 spiro atoms. The van der Waals surface area contributed by atoms with Crippen molar-refractivity contribution in [1.82, 2.24) is 9.88 Å². The largest absolute Gasteiger partial charge is 0.390 e. The SMILES string of the molecule is Cc1ccc2cc(CN3CCC(C)(O)CC3)c(Cl)nc2c1. The number of aryl methyl sites for hydroxylation is 1. The second-order valence-electron chi connectivity index (χ2n) is 6.41. The van der Waals surface area contributed by atoms with E-state index in [1.165, 1.54) is 5.56 Å². The average molecular weight is 305 g/mol. The molecule has 2 heterocycles. The number of benzene rings is 1. The molecule has 0 bridgehead atoms. The summed E-state index contributed by atoms with van der Waals surface area (Å²) >= 11 is 6.34. The van der Waals surface area contributed by atoms with Crippen LogP contribution in [0.4, 0.5) is 0 Å². The number of hydrogen-bond donors (Lipinski definition) is 1. The predicted octanol–water partition coefficient (Wildman–Crippen LogP) is 3.54. The van der Waals surface area contributed by atoms with E-state index in [2.05, 4.69) is 41.1 Å². The lowest BCUT2D eigenvalue weighted by molar-refractivity contribution is -0.00730. The molecule has 1 fully saturated rings. The monoisotopic (exact) mass is 304 g/mol. The van der Waals surface area contributed by atoms with Gasteiger partial charge in [0.05, 0.1) is 11.1 Å². The number of pyridine rings is 1. The Labute approximate surface area is 130 Å². The molecule has 3 nitrogen and oxygen atoms in total. The standard InChI is InChI=1S/C17H21ClN2O/c1-12-3-4-13-10-14(16(18)19-15(13)9-12)11-20-7-5-17(2,21)6-8-20/h3-4,9-10,21H,5-8,11H2,1-2H3. The van der Waals surface area contributed by atoms with Crippen LogP contribution in [-0.4, -0.2) is 33.7 Å². The molecule has 0 atom stereocenters. The van der Waals surface area contributed by atoms with Crippen LogP contribution in [0.3, 0.4) is 0 Å². The molecule has 3 rings (SSSR count). The van der Waals surface area contributed by atoms with Gasteiger partial charge in [0.2, 0.25) is 0 Å². The fourth-order valence-corrected chi connectivity index (χ4v) is 3.05. The van der Waals surface area contributed by atoms with E-state index in [1.807, 2.05) is 6.92 Å².